The minimum atomic E-state index is -0.0329. The molecule has 3 heterocycles. The summed E-state index contributed by atoms with van der Waals surface area (Å²) in [6.45, 7) is 4.87. The average molecular weight is 430 g/mol. The fourth-order valence-electron chi connectivity index (χ4n) is 4.24. The summed E-state index contributed by atoms with van der Waals surface area (Å²) in [4.78, 5) is 21.8. The van der Waals surface area contributed by atoms with Crippen molar-refractivity contribution in [3.05, 3.63) is 89.6 Å². The van der Waals surface area contributed by atoms with Gasteiger partial charge in [0.2, 0.25) is 0 Å². The van der Waals surface area contributed by atoms with Gasteiger partial charge in [-0.2, -0.15) is 0 Å². The van der Waals surface area contributed by atoms with E-state index in [1.165, 1.54) is 17.6 Å². The van der Waals surface area contributed by atoms with Gasteiger partial charge in [-0.25, -0.2) is 9.78 Å². The first-order valence-corrected chi connectivity index (χ1v) is 11.0. The molecular weight excluding hydrogens is 402 g/mol. The zero-order valence-electron chi connectivity index (χ0n) is 18.2. The second kappa shape index (κ2) is 8.88. The maximum atomic E-state index is 13.0. The minimum absolute atomic E-state index is 0.0329. The lowest BCUT2D eigenvalue weighted by Crippen LogP contribution is -2.44. The van der Waals surface area contributed by atoms with Gasteiger partial charge in [-0.1, -0.05) is 18.2 Å². The van der Waals surface area contributed by atoms with Crippen molar-refractivity contribution < 1.29 is 4.42 Å². The Hall–Kier alpha value is -3.58. The van der Waals surface area contributed by atoms with E-state index in [9.17, 15) is 4.79 Å². The number of anilines is 1. The van der Waals surface area contributed by atoms with Gasteiger partial charge in [-0.05, 0) is 49.4 Å². The summed E-state index contributed by atoms with van der Waals surface area (Å²) in [6.07, 6.45) is 7.60. The van der Waals surface area contributed by atoms with E-state index in [2.05, 4.69) is 46.1 Å². The molecule has 0 aliphatic carbocycles. The van der Waals surface area contributed by atoms with Gasteiger partial charge >= 0.3 is 5.69 Å². The van der Waals surface area contributed by atoms with Crippen LogP contribution in [0, 0.1) is 0 Å². The summed E-state index contributed by atoms with van der Waals surface area (Å²) in [5.41, 5.74) is 4.30. The molecule has 0 radical (unpaired) electrons. The van der Waals surface area contributed by atoms with Crippen LogP contribution in [-0.2, 0) is 13.0 Å². The Kier molecular flexibility index (Phi) is 5.64. The maximum absolute atomic E-state index is 13.0. The number of hydrogen-bond acceptors (Lipinski definition) is 5. The minimum Gasteiger partial charge on any atom is -0.444 e. The van der Waals surface area contributed by atoms with Crippen molar-refractivity contribution in [1.82, 2.24) is 19.0 Å². The number of hydrogen-bond donors (Lipinski definition) is 0. The van der Waals surface area contributed by atoms with Gasteiger partial charge in [0.15, 0.2) is 12.2 Å². The van der Waals surface area contributed by atoms with Gasteiger partial charge in [0.25, 0.3) is 0 Å². The zero-order chi connectivity index (χ0) is 21.9. The molecule has 4 aromatic rings. The lowest BCUT2D eigenvalue weighted by molar-refractivity contribution is 0.312. The summed E-state index contributed by atoms with van der Waals surface area (Å²) in [5.74, 6) is 0.709. The predicted molar refractivity (Wildman–Crippen MR) is 125 cm³/mol. The van der Waals surface area contributed by atoms with E-state index in [0.717, 1.165) is 43.9 Å². The molecule has 0 unspecified atom stereocenters. The highest BCUT2D eigenvalue weighted by molar-refractivity contribution is 5.58. The normalized spacial score (nSPS) is 14.7. The molecule has 2 aromatic carbocycles. The lowest BCUT2D eigenvalue weighted by Gasteiger charge is -2.35. The molecule has 0 amide bonds. The largest absolute Gasteiger partial charge is 0.444 e. The van der Waals surface area contributed by atoms with Crippen molar-refractivity contribution in [2.75, 3.05) is 38.1 Å². The summed E-state index contributed by atoms with van der Waals surface area (Å²) in [6, 6.07) is 16.3. The smallest absolute Gasteiger partial charge is 0.332 e. The third kappa shape index (κ3) is 4.11. The highest BCUT2D eigenvalue weighted by atomic mass is 16.3. The molecule has 0 atom stereocenters. The molecule has 0 N–H and O–H groups in total. The van der Waals surface area contributed by atoms with Gasteiger partial charge in [-0.3, -0.25) is 9.13 Å². The van der Waals surface area contributed by atoms with Crippen LogP contribution in [0.25, 0.3) is 17.0 Å². The van der Waals surface area contributed by atoms with E-state index in [1.54, 1.807) is 15.3 Å². The molecular formula is C25H27N5O2. The number of nitrogens with zero attached hydrogens (tertiary/aromatic N) is 5. The molecule has 0 bridgehead atoms. The second-order valence-corrected chi connectivity index (χ2v) is 8.23. The molecule has 2 aromatic heterocycles. The SMILES string of the molecule is CN1CCN(c2ccccc2CCn2ccn(-c3ccc(-c4cnco4)cc3)c2=O)CC1. The molecule has 1 aliphatic heterocycles. The Bertz CT molecular complexity index is 1220. The number of aromatic nitrogens is 3. The third-order valence-electron chi connectivity index (χ3n) is 6.17. The van der Waals surface area contributed by atoms with Crippen molar-refractivity contribution in [2.24, 2.45) is 0 Å². The van der Waals surface area contributed by atoms with Gasteiger partial charge in [0, 0.05) is 56.4 Å². The van der Waals surface area contributed by atoms with E-state index >= 15 is 0 Å². The highest BCUT2D eigenvalue weighted by Gasteiger charge is 2.17. The van der Waals surface area contributed by atoms with Crippen LogP contribution in [0.5, 0.6) is 0 Å². The standard InChI is InChI=1S/C25H27N5O2/c1-27-12-14-28(15-13-27)23-5-3-2-4-20(23)10-11-29-16-17-30(25(29)31)22-8-6-21(7-9-22)24-18-26-19-32-24/h2-9,16-19H,10-15H2,1H3. The fraction of sp³-hybridized carbons (Fsp3) is 0.280. The molecule has 1 aliphatic rings. The number of piperazine rings is 1. The van der Waals surface area contributed by atoms with Crippen molar-refractivity contribution in [3.8, 4) is 17.0 Å². The number of para-hydroxylation sites is 1. The molecule has 7 nitrogen and oxygen atoms in total. The quantitative estimate of drug-likeness (QED) is 0.471. The highest BCUT2D eigenvalue weighted by Crippen LogP contribution is 2.23. The van der Waals surface area contributed by atoms with Crippen molar-refractivity contribution in [1.29, 1.82) is 0 Å². The number of likely N-dealkylation sites (N-methyl/N-ethyl adjacent to an activating group) is 1. The third-order valence-corrected chi connectivity index (χ3v) is 6.17. The van der Waals surface area contributed by atoms with Gasteiger partial charge < -0.3 is 14.2 Å². The number of rotatable bonds is 6. The molecule has 1 fully saturated rings. The summed E-state index contributed by atoms with van der Waals surface area (Å²) in [5, 5.41) is 0. The van der Waals surface area contributed by atoms with E-state index in [4.69, 9.17) is 4.42 Å². The molecule has 7 heteroatoms. The Morgan fingerprint density at radius 3 is 2.50 bits per heavy atom. The predicted octanol–water partition coefficient (Wildman–Crippen LogP) is 3.29. The first-order valence-electron chi connectivity index (χ1n) is 11.0. The zero-order valence-corrected chi connectivity index (χ0v) is 18.2. The van der Waals surface area contributed by atoms with Crippen LogP contribution in [-0.4, -0.2) is 52.2 Å². The second-order valence-electron chi connectivity index (χ2n) is 8.23. The van der Waals surface area contributed by atoms with Crippen molar-refractivity contribution in [3.63, 3.8) is 0 Å². The van der Waals surface area contributed by atoms with Gasteiger partial charge in [-0.15, -0.1) is 0 Å². The number of imidazole rings is 1. The van der Waals surface area contributed by atoms with Crippen LogP contribution in [0.3, 0.4) is 0 Å². The maximum Gasteiger partial charge on any atom is 0.332 e. The van der Waals surface area contributed by atoms with Gasteiger partial charge in [0.05, 0.1) is 11.9 Å². The average Bonchev–Trinajstić information content (AvgIpc) is 3.49. The molecule has 32 heavy (non-hydrogen) atoms. The topological polar surface area (TPSA) is 59.4 Å². The molecule has 5 rings (SSSR count). The summed E-state index contributed by atoms with van der Waals surface area (Å²) < 4.78 is 8.80. The van der Waals surface area contributed by atoms with Crippen LogP contribution < -0.4 is 10.6 Å². The summed E-state index contributed by atoms with van der Waals surface area (Å²) >= 11 is 0. The number of oxazole rings is 1. The fourth-order valence-corrected chi connectivity index (χ4v) is 4.24. The van der Waals surface area contributed by atoms with E-state index in [0.29, 0.717) is 12.3 Å². The van der Waals surface area contributed by atoms with E-state index < -0.39 is 0 Å². The Morgan fingerprint density at radius 1 is 0.969 bits per heavy atom. The van der Waals surface area contributed by atoms with Crippen LogP contribution in [0.15, 0.2) is 82.7 Å². The Balaban J connectivity index is 1.31. The lowest BCUT2D eigenvalue weighted by atomic mass is 10.1. The van der Waals surface area contributed by atoms with E-state index in [-0.39, 0.29) is 5.69 Å². The number of benzene rings is 2. The van der Waals surface area contributed by atoms with Crippen molar-refractivity contribution >= 4 is 5.69 Å². The van der Waals surface area contributed by atoms with Crippen LogP contribution >= 0.6 is 0 Å². The molecule has 164 valence electrons. The Morgan fingerprint density at radius 2 is 1.75 bits per heavy atom. The molecule has 1 saturated heterocycles. The molecule has 0 spiro atoms. The Labute approximate surface area is 187 Å². The monoisotopic (exact) mass is 429 g/mol. The van der Waals surface area contributed by atoms with Crippen molar-refractivity contribution in [2.45, 2.75) is 13.0 Å². The van der Waals surface area contributed by atoms with E-state index in [1.807, 2.05) is 36.7 Å². The van der Waals surface area contributed by atoms with Crippen LogP contribution in [0.2, 0.25) is 0 Å². The first-order chi connectivity index (χ1) is 15.7. The first kappa shape index (κ1) is 20.3. The summed E-state index contributed by atoms with van der Waals surface area (Å²) in [7, 11) is 2.17. The van der Waals surface area contributed by atoms with Gasteiger partial charge in [0.1, 0.15) is 0 Å². The van der Waals surface area contributed by atoms with Crippen LogP contribution in [0.4, 0.5) is 5.69 Å². The number of aryl methyl sites for hydroxylation is 2. The molecule has 0 saturated carbocycles. The van der Waals surface area contributed by atoms with Crippen LogP contribution in [0.1, 0.15) is 5.56 Å².